The van der Waals surface area contributed by atoms with E-state index in [4.69, 9.17) is 0 Å². The van der Waals surface area contributed by atoms with Gasteiger partial charge in [0.05, 0.1) is 6.17 Å². The monoisotopic (exact) mass is 190 g/mol. The van der Waals surface area contributed by atoms with Crippen LogP contribution in [0.3, 0.4) is 0 Å². The smallest absolute Gasteiger partial charge is 0.0863 e. The van der Waals surface area contributed by atoms with E-state index in [1.54, 1.807) is 0 Å². The highest BCUT2D eigenvalue weighted by Crippen LogP contribution is 2.14. The second kappa shape index (κ2) is 4.11. The third-order valence-corrected chi connectivity index (χ3v) is 2.86. The molecule has 1 aliphatic heterocycles. The van der Waals surface area contributed by atoms with Crippen LogP contribution in [0.25, 0.3) is 0 Å². The van der Waals surface area contributed by atoms with Gasteiger partial charge in [-0.25, -0.2) is 10.4 Å². The van der Waals surface area contributed by atoms with Gasteiger partial charge >= 0.3 is 0 Å². The molecule has 2 nitrogen and oxygen atoms in total. The number of hydrazine groups is 1. The van der Waals surface area contributed by atoms with Crippen molar-refractivity contribution in [2.75, 3.05) is 7.05 Å². The van der Waals surface area contributed by atoms with E-state index in [2.05, 4.69) is 48.7 Å². The van der Waals surface area contributed by atoms with Crippen LogP contribution >= 0.6 is 0 Å². The molecule has 0 aromatic heterocycles. The first kappa shape index (κ1) is 9.69. The first-order chi connectivity index (χ1) is 6.79. The quantitative estimate of drug-likeness (QED) is 0.734. The highest BCUT2D eigenvalue weighted by Gasteiger charge is 2.27. The summed E-state index contributed by atoms with van der Waals surface area (Å²) in [5, 5.41) is 2.16. The standard InChI is InChI=1S/C12H18N2/c1-3-10-5-4-6-11(9-10)7-8-12-13-14(12)2/h4-6,9,12-13H,3,7-8H2,1-2H3. The molecule has 1 aromatic carbocycles. The molecule has 1 aromatic rings. The van der Waals surface area contributed by atoms with Crippen LogP contribution in [-0.4, -0.2) is 18.2 Å². The van der Waals surface area contributed by atoms with Crippen molar-refractivity contribution >= 4 is 0 Å². The fourth-order valence-corrected chi connectivity index (χ4v) is 1.77. The fourth-order valence-electron chi connectivity index (χ4n) is 1.77. The van der Waals surface area contributed by atoms with Crippen molar-refractivity contribution in [1.82, 2.24) is 10.4 Å². The minimum Gasteiger partial charge on any atom is -0.235 e. The number of hydrogen-bond donors (Lipinski definition) is 1. The molecular formula is C12H18N2. The summed E-state index contributed by atoms with van der Waals surface area (Å²) in [5.74, 6) is 0. The first-order valence-corrected chi connectivity index (χ1v) is 5.36. The van der Waals surface area contributed by atoms with Gasteiger partial charge in [0, 0.05) is 7.05 Å². The molecule has 2 atom stereocenters. The molecule has 1 fully saturated rings. The lowest BCUT2D eigenvalue weighted by atomic mass is 10.0. The molecular weight excluding hydrogens is 172 g/mol. The Labute approximate surface area is 85.9 Å². The predicted octanol–water partition coefficient (Wildman–Crippen LogP) is 1.96. The number of hydrogen-bond acceptors (Lipinski definition) is 2. The summed E-state index contributed by atoms with van der Waals surface area (Å²) < 4.78 is 0. The van der Waals surface area contributed by atoms with Crippen LogP contribution in [0.4, 0.5) is 0 Å². The Kier molecular flexibility index (Phi) is 2.85. The minimum absolute atomic E-state index is 0.611. The largest absolute Gasteiger partial charge is 0.235 e. The maximum absolute atomic E-state index is 3.26. The second-order valence-electron chi connectivity index (χ2n) is 3.97. The average molecular weight is 190 g/mol. The van der Waals surface area contributed by atoms with Crippen molar-refractivity contribution in [2.24, 2.45) is 0 Å². The second-order valence-corrected chi connectivity index (χ2v) is 3.97. The number of aryl methyl sites for hydroxylation is 2. The van der Waals surface area contributed by atoms with Crippen molar-refractivity contribution < 1.29 is 0 Å². The van der Waals surface area contributed by atoms with Crippen LogP contribution in [0, 0.1) is 0 Å². The summed E-state index contributed by atoms with van der Waals surface area (Å²) in [6.07, 6.45) is 4.13. The summed E-state index contributed by atoms with van der Waals surface area (Å²) >= 11 is 0. The molecule has 14 heavy (non-hydrogen) atoms. The van der Waals surface area contributed by atoms with Crippen molar-refractivity contribution in [1.29, 1.82) is 0 Å². The zero-order valence-electron chi connectivity index (χ0n) is 8.96. The molecule has 0 saturated carbocycles. The Hall–Kier alpha value is -0.860. The third kappa shape index (κ3) is 2.34. The molecule has 76 valence electrons. The summed E-state index contributed by atoms with van der Waals surface area (Å²) in [6, 6.07) is 8.91. The maximum Gasteiger partial charge on any atom is 0.0863 e. The fraction of sp³-hybridized carbons (Fsp3) is 0.500. The first-order valence-electron chi connectivity index (χ1n) is 5.36. The van der Waals surface area contributed by atoms with Crippen LogP contribution in [0.15, 0.2) is 24.3 Å². The number of benzene rings is 1. The molecule has 0 aliphatic carbocycles. The molecule has 2 unspecified atom stereocenters. The lowest BCUT2D eigenvalue weighted by Gasteiger charge is -2.02. The van der Waals surface area contributed by atoms with E-state index in [-0.39, 0.29) is 0 Å². The van der Waals surface area contributed by atoms with Gasteiger partial charge in [-0.3, -0.25) is 0 Å². The summed E-state index contributed by atoms with van der Waals surface area (Å²) in [7, 11) is 2.09. The predicted molar refractivity (Wildman–Crippen MR) is 58.8 cm³/mol. The summed E-state index contributed by atoms with van der Waals surface area (Å²) in [6.45, 7) is 2.20. The van der Waals surface area contributed by atoms with Gasteiger partial charge in [0.1, 0.15) is 0 Å². The van der Waals surface area contributed by atoms with Crippen LogP contribution < -0.4 is 5.43 Å². The van der Waals surface area contributed by atoms with Crippen molar-refractivity contribution in [3.8, 4) is 0 Å². The number of rotatable bonds is 4. The van der Waals surface area contributed by atoms with Crippen LogP contribution in [0.5, 0.6) is 0 Å². The van der Waals surface area contributed by atoms with Crippen molar-refractivity contribution in [3.05, 3.63) is 35.4 Å². The number of nitrogens with zero attached hydrogens (tertiary/aromatic N) is 1. The molecule has 0 amide bonds. The van der Waals surface area contributed by atoms with E-state index >= 15 is 0 Å². The summed E-state index contributed by atoms with van der Waals surface area (Å²) in [4.78, 5) is 0. The lowest BCUT2D eigenvalue weighted by Crippen LogP contribution is -1.97. The minimum atomic E-state index is 0.611. The maximum atomic E-state index is 3.26. The van der Waals surface area contributed by atoms with Gasteiger partial charge in [0.15, 0.2) is 0 Å². The van der Waals surface area contributed by atoms with Gasteiger partial charge in [0.25, 0.3) is 0 Å². The Morgan fingerprint density at radius 2 is 2.07 bits per heavy atom. The van der Waals surface area contributed by atoms with E-state index in [0.717, 1.165) is 6.42 Å². The topological polar surface area (TPSA) is 25.0 Å². The molecule has 2 rings (SSSR count). The van der Waals surface area contributed by atoms with Gasteiger partial charge in [-0.2, -0.15) is 0 Å². The van der Waals surface area contributed by atoms with E-state index in [1.165, 1.54) is 24.0 Å². The molecule has 1 N–H and O–H groups in total. The van der Waals surface area contributed by atoms with Crippen LogP contribution in [0.2, 0.25) is 0 Å². The molecule has 1 aliphatic rings. The van der Waals surface area contributed by atoms with Crippen LogP contribution in [0.1, 0.15) is 24.5 Å². The van der Waals surface area contributed by atoms with Gasteiger partial charge in [-0.05, 0) is 30.4 Å². The molecule has 0 radical (unpaired) electrons. The Bertz CT molecular complexity index is 309. The van der Waals surface area contributed by atoms with Gasteiger partial charge in [0.2, 0.25) is 0 Å². The van der Waals surface area contributed by atoms with E-state index < -0.39 is 0 Å². The molecule has 0 spiro atoms. The highest BCUT2D eigenvalue weighted by molar-refractivity contribution is 5.23. The SMILES string of the molecule is CCc1cccc(CCC2NN2C)c1. The molecule has 1 saturated heterocycles. The van der Waals surface area contributed by atoms with Crippen LogP contribution in [-0.2, 0) is 12.8 Å². The third-order valence-electron chi connectivity index (χ3n) is 2.86. The summed E-state index contributed by atoms with van der Waals surface area (Å²) in [5.41, 5.74) is 6.17. The zero-order valence-corrected chi connectivity index (χ0v) is 8.96. The van der Waals surface area contributed by atoms with Crippen molar-refractivity contribution in [3.63, 3.8) is 0 Å². The Morgan fingerprint density at radius 1 is 1.36 bits per heavy atom. The van der Waals surface area contributed by atoms with E-state index in [1.807, 2.05) is 0 Å². The van der Waals surface area contributed by atoms with E-state index in [0.29, 0.717) is 6.17 Å². The van der Waals surface area contributed by atoms with Gasteiger partial charge in [-0.1, -0.05) is 31.2 Å². The van der Waals surface area contributed by atoms with E-state index in [9.17, 15) is 0 Å². The lowest BCUT2D eigenvalue weighted by molar-refractivity contribution is 0.569. The zero-order chi connectivity index (χ0) is 9.97. The average Bonchev–Trinajstić information content (AvgIpc) is 2.92. The Balaban J connectivity index is 1.88. The van der Waals surface area contributed by atoms with Crippen molar-refractivity contribution in [2.45, 2.75) is 32.4 Å². The molecule has 2 heteroatoms. The highest BCUT2D eigenvalue weighted by atomic mass is 15.7. The van der Waals surface area contributed by atoms with Gasteiger partial charge < -0.3 is 0 Å². The number of nitrogens with one attached hydrogen (secondary N) is 1. The molecule has 1 heterocycles. The normalized spacial score (nSPS) is 25.0. The molecule has 0 bridgehead atoms. The Morgan fingerprint density at radius 3 is 2.71 bits per heavy atom. The van der Waals surface area contributed by atoms with Gasteiger partial charge in [-0.15, -0.1) is 0 Å².